The maximum Gasteiger partial charge on any atom is 0.416 e. The van der Waals surface area contributed by atoms with Crippen LogP contribution in [-0.2, 0) is 11.0 Å². The molecule has 0 radical (unpaired) electrons. The second-order valence-electron chi connectivity index (χ2n) is 7.55. The lowest BCUT2D eigenvalue weighted by molar-refractivity contribution is -0.137. The van der Waals surface area contributed by atoms with E-state index in [0.29, 0.717) is 21.6 Å². The number of hydrogen-bond donors (Lipinski definition) is 1. The first-order chi connectivity index (χ1) is 16.1. The van der Waals surface area contributed by atoms with E-state index in [1.54, 1.807) is 24.3 Å². The van der Waals surface area contributed by atoms with Crippen molar-refractivity contribution >= 4 is 39.9 Å². The Bertz CT molecular complexity index is 1130. The van der Waals surface area contributed by atoms with Gasteiger partial charge in [-0.25, -0.2) is 0 Å². The van der Waals surface area contributed by atoms with Crippen LogP contribution in [-0.4, -0.2) is 39.5 Å². The molecule has 1 aromatic heterocycles. The molecule has 0 saturated heterocycles. The molecule has 2 aromatic carbocycles. The van der Waals surface area contributed by atoms with Gasteiger partial charge in [0.2, 0.25) is 11.0 Å². The predicted molar refractivity (Wildman–Crippen MR) is 126 cm³/mol. The maximum atomic E-state index is 12.9. The zero-order valence-corrected chi connectivity index (χ0v) is 20.0. The average Bonchev–Trinajstić information content (AvgIpc) is 3.27. The van der Waals surface area contributed by atoms with Crippen LogP contribution in [0.1, 0.15) is 42.6 Å². The minimum Gasteiger partial charge on any atom is -0.335 e. The summed E-state index contributed by atoms with van der Waals surface area (Å²) >= 11 is 7.09. The predicted octanol–water partition coefficient (Wildman–Crippen LogP) is 6.15. The van der Waals surface area contributed by atoms with E-state index in [-0.39, 0.29) is 30.5 Å². The minimum atomic E-state index is -4.48. The van der Waals surface area contributed by atoms with E-state index in [4.69, 9.17) is 11.6 Å². The van der Waals surface area contributed by atoms with Gasteiger partial charge in [0.25, 0.3) is 5.91 Å². The van der Waals surface area contributed by atoms with Crippen molar-refractivity contribution in [2.75, 3.05) is 11.9 Å². The molecule has 1 heterocycles. The van der Waals surface area contributed by atoms with Gasteiger partial charge in [-0.2, -0.15) is 13.2 Å². The van der Waals surface area contributed by atoms with Gasteiger partial charge in [-0.3, -0.25) is 9.59 Å². The minimum absolute atomic E-state index is 0.00737. The van der Waals surface area contributed by atoms with Crippen LogP contribution >= 0.6 is 22.9 Å². The van der Waals surface area contributed by atoms with Crippen molar-refractivity contribution in [3.05, 3.63) is 64.7 Å². The molecule has 1 atom stereocenters. The number of carbonyl (C=O) groups is 2. The van der Waals surface area contributed by atoms with Crippen molar-refractivity contribution < 1.29 is 22.8 Å². The van der Waals surface area contributed by atoms with E-state index in [0.717, 1.165) is 29.8 Å². The Kier molecular flexibility index (Phi) is 8.27. The van der Waals surface area contributed by atoms with Gasteiger partial charge < -0.3 is 10.2 Å². The summed E-state index contributed by atoms with van der Waals surface area (Å²) in [5.41, 5.74) is 0.117. The van der Waals surface area contributed by atoms with Crippen LogP contribution in [0.15, 0.2) is 48.5 Å². The van der Waals surface area contributed by atoms with Crippen molar-refractivity contribution in [1.82, 2.24) is 15.1 Å². The van der Waals surface area contributed by atoms with E-state index < -0.39 is 17.6 Å². The van der Waals surface area contributed by atoms with Crippen molar-refractivity contribution in [3.63, 3.8) is 0 Å². The molecule has 0 spiro atoms. The van der Waals surface area contributed by atoms with Crippen LogP contribution in [0.25, 0.3) is 10.6 Å². The summed E-state index contributed by atoms with van der Waals surface area (Å²) in [6.45, 7) is 3.81. The molecule has 0 aliphatic rings. The van der Waals surface area contributed by atoms with E-state index in [1.807, 2.05) is 13.8 Å². The van der Waals surface area contributed by atoms with Gasteiger partial charge in [-0.15, -0.1) is 10.2 Å². The number of nitrogens with zero attached hydrogens (tertiary/aromatic N) is 3. The standard InChI is InChI=1S/C23H22ClF3N4O2S/c1-3-14(2)31(21(33)16-4-8-17(9-5-16)23(25,26)27)13-12-19(32)28-22-30-29-20(34-22)15-6-10-18(24)11-7-15/h4-11,14H,3,12-13H2,1-2H3,(H,28,30,32). The molecule has 1 N–H and O–H groups in total. The average molecular weight is 511 g/mol. The monoisotopic (exact) mass is 510 g/mol. The SMILES string of the molecule is CCC(C)N(CCC(=O)Nc1nnc(-c2ccc(Cl)cc2)s1)C(=O)c1ccc(C(F)(F)F)cc1. The number of hydrogen-bond acceptors (Lipinski definition) is 5. The molecule has 3 rings (SSSR count). The second kappa shape index (κ2) is 11.0. The van der Waals surface area contributed by atoms with Crippen molar-refractivity contribution in [2.24, 2.45) is 0 Å². The van der Waals surface area contributed by atoms with Gasteiger partial charge in [-0.05, 0) is 49.7 Å². The first kappa shape index (κ1) is 25.6. The molecule has 180 valence electrons. The highest BCUT2D eigenvalue weighted by Gasteiger charge is 2.30. The summed E-state index contributed by atoms with van der Waals surface area (Å²) in [6, 6.07) is 10.9. The maximum absolute atomic E-state index is 12.9. The number of rotatable bonds is 8. The van der Waals surface area contributed by atoms with Gasteiger partial charge in [-0.1, -0.05) is 42.0 Å². The molecule has 0 fully saturated rings. The molecule has 11 heteroatoms. The molecule has 34 heavy (non-hydrogen) atoms. The quantitative estimate of drug-likeness (QED) is 0.394. The number of benzene rings is 2. The summed E-state index contributed by atoms with van der Waals surface area (Å²) < 4.78 is 38.4. The Morgan fingerprint density at radius 3 is 2.32 bits per heavy atom. The number of anilines is 1. The number of halogens is 4. The molecule has 1 unspecified atom stereocenters. The van der Waals surface area contributed by atoms with Crippen LogP contribution in [0.5, 0.6) is 0 Å². The highest BCUT2D eigenvalue weighted by Crippen LogP contribution is 2.30. The van der Waals surface area contributed by atoms with Gasteiger partial charge in [0.05, 0.1) is 5.56 Å². The van der Waals surface area contributed by atoms with E-state index in [2.05, 4.69) is 15.5 Å². The second-order valence-corrected chi connectivity index (χ2v) is 8.96. The summed E-state index contributed by atoms with van der Waals surface area (Å²) in [7, 11) is 0. The van der Waals surface area contributed by atoms with Gasteiger partial charge in [0.15, 0.2) is 0 Å². The zero-order chi connectivity index (χ0) is 24.9. The lowest BCUT2D eigenvalue weighted by Gasteiger charge is -2.28. The number of carbonyl (C=O) groups excluding carboxylic acids is 2. The van der Waals surface area contributed by atoms with Crippen LogP contribution < -0.4 is 5.32 Å². The first-order valence-corrected chi connectivity index (χ1v) is 11.7. The molecule has 0 bridgehead atoms. The third-order valence-corrected chi connectivity index (χ3v) is 6.32. The normalized spacial score (nSPS) is 12.3. The third-order valence-electron chi connectivity index (χ3n) is 5.19. The lowest BCUT2D eigenvalue weighted by atomic mass is 10.1. The highest BCUT2D eigenvalue weighted by atomic mass is 35.5. The summed E-state index contributed by atoms with van der Waals surface area (Å²) in [4.78, 5) is 26.9. The van der Waals surface area contributed by atoms with Crippen molar-refractivity contribution in [2.45, 2.75) is 38.9 Å². The first-order valence-electron chi connectivity index (χ1n) is 10.5. The Hall–Kier alpha value is -2.98. The van der Waals surface area contributed by atoms with Crippen molar-refractivity contribution in [3.8, 4) is 10.6 Å². The number of aromatic nitrogens is 2. The molecule has 3 aromatic rings. The van der Waals surface area contributed by atoms with Gasteiger partial charge in [0.1, 0.15) is 5.01 Å². The Balaban J connectivity index is 1.63. The molecule has 6 nitrogen and oxygen atoms in total. The Morgan fingerprint density at radius 1 is 1.09 bits per heavy atom. The molecule has 0 aliphatic carbocycles. The number of alkyl halides is 3. The van der Waals surface area contributed by atoms with E-state index >= 15 is 0 Å². The lowest BCUT2D eigenvalue weighted by Crippen LogP contribution is -2.40. The number of nitrogens with one attached hydrogen (secondary N) is 1. The van der Waals surface area contributed by atoms with Crippen LogP contribution in [0.2, 0.25) is 5.02 Å². The molecular weight excluding hydrogens is 489 g/mol. The molecule has 0 aliphatic heterocycles. The summed E-state index contributed by atoms with van der Waals surface area (Å²) in [5, 5.41) is 12.2. The van der Waals surface area contributed by atoms with Crippen LogP contribution in [0.4, 0.5) is 18.3 Å². The highest BCUT2D eigenvalue weighted by molar-refractivity contribution is 7.18. The van der Waals surface area contributed by atoms with Gasteiger partial charge in [0, 0.05) is 35.2 Å². The Labute approximate surface area is 203 Å². The molecule has 2 amide bonds. The summed E-state index contributed by atoms with van der Waals surface area (Å²) in [5.74, 6) is -0.788. The number of amides is 2. The summed E-state index contributed by atoms with van der Waals surface area (Å²) in [6.07, 6.45) is -3.87. The zero-order valence-electron chi connectivity index (χ0n) is 18.4. The van der Waals surface area contributed by atoms with Crippen LogP contribution in [0, 0.1) is 0 Å². The fraction of sp³-hybridized carbons (Fsp3) is 0.304. The van der Waals surface area contributed by atoms with E-state index in [1.165, 1.54) is 16.2 Å². The molecular formula is C23H22ClF3N4O2S. The van der Waals surface area contributed by atoms with Gasteiger partial charge >= 0.3 is 6.18 Å². The third kappa shape index (κ3) is 6.54. The Morgan fingerprint density at radius 2 is 1.74 bits per heavy atom. The molecule has 0 saturated carbocycles. The van der Waals surface area contributed by atoms with E-state index in [9.17, 15) is 22.8 Å². The van der Waals surface area contributed by atoms with Crippen LogP contribution in [0.3, 0.4) is 0 Å². The largest absolute Gasteiger partial charge is 0.416 e. The smallest absolute Gasteiger partial charge is 0.335 e. The van der Waals surface area contributed by atoms with Crippen molar-refractivity contribution in [1.29, 1.82) is 0 Å². The fourth-order valence-electron chi connectivity index (χ4n) is 3.10. The topological polar surface area (TPSA) is 75.2 Å². The fourth-order valence-corrected chi connectivity index (χ4v) is 3.99.